The molecule has 1 unspecified atom stereocenters. The number of aromatic hydroxyl groups is 2. The molecule has 3 amide bonds. The van der Waals surface area contributed by atoms with E-state index in [4.69, 9.17) is 10.5 Å². The first-order valence-electron chi connectivity index (χ1n) is 13.4. The smallest absolute Gasteiger partial charge is 0.497 e. The Morgan fingerprint density at radius 1 is 1.10 bits per heavy atom. The van der Waals surface area contributed by atoms with Crippen molar-refractivity contribution in [3.05, 3.63) is 77.6 Å². The maximum Gasteiger partial charge on any atom is 0.497 e. The minimum absolute atomic E-state index is 0.0890. The van der Waals surface area contributed by atoms with Crippen molar-refractivity contribution < 1.29 is 38.4 Å². The topological polar surface area (TPSA) is 147 Å². The highest BCUT2D eigenvalue weighted by Gasteiger charge is 2.39. The molecule has 1 saturated heterocycles. The Kier molecular flexibility index (Phi) is 8.77. The number of primary amides is 1. The molecule has 5 N–H and O–H groups in total. The Balaban J connectivity index is 1.73. The quantitative estimate of drug-likeness (QED) is 0.188. The molecule has 3 aromatic rings. The van der Waals surface area contributed by atoms with Gasteiger partial charge in [-0.2, -0.15) is 9.37 Å². The predicted octanol–water partition coefficient (Wildman–Crippen LogP) is 2.75. The monoisotopic (exact) mass is 563 g/mol. The molecule has 1 fully saturated rings. The Morgan fingerprint density at radius 2 is 1.83 bits per heavy atom. The number of methoxy groups -OCH3 is 1. The standard InChI is InChI=1S/C30H35N5O6/c1-33-17-22(16-27(33)29(39)41-3)32-30(40)34(26(28(31)38)15-20-9-11-24(36)12-10-20)23-7-5-13-35(2,19-23)18-21-6-4-8-25(37)14-21/h4,6,8-12,14,16-17,26H,5,7,13,15,18-19H2,1-3H3,(H3-2,31,32,36,37,38,40)/p+2/b34-23-/t26-,35?/m0/s1. The molecular weight excluding hydrogens is 526 g/mol. The van der Waals surface area contributed by atoms with Crippen molar-refractivity contribution in [2.45, 2.75) is 31.8 Å². The zero-order valence-corrected chi connectivity index (χ0v) is 23.5. The first-order valence-corrected chi connectivity index (χ1v) is 13.4. The molecule has 11 nitrogen and oxygen atoms in total. The summed E-state index contributed by atoms with van der Waals surface area (Å²) in [5.41, 5.74) is 8.98. The lowest BCUT2D eigenvalue weighted by Crippen LogP contribution is -2.56. The van der Waals surface area contributed by atoms with Gasteiger partial charge >= 0.3 is 12.0 Å². The summed E-state index contributed by atoms with van der Waals surface area (Å²) in [5, 5.41) is 22.5. The number of carbonyl (C=O) groups is 3. The molecule has 0 aliphatic carbocycles. The van der Waals surface area contributed by atoms with E-state index in [-0.39, 0.29) is 23.6 Å². The van der Waals surface area contributed by atoms with Crippen LogP contribution < -0.4 is 11.1 Å². The maximum absolute atomic E-state index is 14.0. The fourth-order valence-electron chi connectivity index (χ4n) is 5.49. The van der Waals surface area contributed by atoms with E-state index < -0.39 is 23.9 Å². The summed E-state index contributed by atoms with van der Waals surface area (Å²) in [6.07, 6.45) is 3.10. The second-order valence-electron chi connectivity index (χ2n) is 10.8. The Labute approximate surface area is 238 Å². The van der Waals surface area contributed by atoms with Gasteiger partial charge in [0.15, 0.2) is 6.04 Å². The summed E-state index contributed by atoms with van der Waals surface area (Å²) in [4.78, 5) is 39.0. The van der Waals surface area contributed by atoms with Gasteiger partial charge < -0.3 is 29.7 Å². The SMILES string of the molecule is COC(=O)c1cc(NC(=O)/[N+](=C2/CCC[N+](C)(Cc3cccc(O)c3)C2)[C@@H](Cc2ccc(O)cc2)C(N)=O)cn1C. The third-order valence-corrected chi connectivity index (χ3v) is 7.42. The minimum Gasteiger partial charge on any atom is -0.508 e. The molecule has 0 saturated carbocycles. The van der Waals surface area contributed by atoms with E-state index in [2.05, 4.69) is 12.4 Å². The van der Waals surface area contributed by atoms with Crippen molar-refractivity contribution >= 4 is 29.3 Å². The van der Waals surface area contributed by atoms with Gasteiger partial charge in [-0.15, -0.1) is 0 Å². The van der Waals surface area contributed by atoms with Crippen molar-refractivity contribution in [1.82, 2.24) is 4.57 Å². The molecule has 11 heteroatoms. The number of phenolic OH excluding ortho intramolecular Hbond substituents is 2. The summed E-state index contributed by atoms with van der Waals surface area (Å²) < 4.78 is 8.38. The number of aromatic nitrogens is 1. The van der Waals surface area contributed by atoms with Gasteiger partial charge in [0.2, 0.25) is 0 Å². The van der Waals surface area contributed by atoms with Gasteiger partial charge in [0.25, 0.3) is 5.91 Å². The van der Waals surface area contributed by atoms with Crippen molar-refractivity contribution in [2.75, 3.05) is 32.6 Å². The molecule has 1 aliphatic heterocycles. The van der Waals surface area contributed by atoms with Crippen LogP contribution in [0.1, 0.15) is 34.5 Å². The van der Waals surface area contributed by atoms with Crippen LogP contribution in [0.25, 0.3) is 0 Å². The number of urea groups is 1. The number of phenols is 2. The summed E-state index contributed by atoms with van der Waals surface area (Å²) >= 11 is 0. The number of hydrogen-bond acceptors (Lipinski definition) is 6. The van der Waals surface area contributed by atoms with E-state index >= 15 is 0 Å². The van der Waals surface area contributed by atoms with Crippen molar-refractivity contribution in [3.63, 3.8) is 0 Å². The van der Waals surface area contributed by atoms with E-state index in [1.54, 1.807) is 48.1 Å². The summed E-state index contributed by atoms with van der Waals surface area (Å²) in [6.45, 7) is 1.94. The van der Waals surface area contributed by atoms with Crippen LogP contribution >= 0.6 is 0 Å². The largest absolute Gasteiger partial charge is 0.508 e. The number of nitrogens with two attached hydrogens (primary N) is 1. The Bertz CT molecular complexity index is 1480. The molecule has 4 rings (SSSR count). The van der Waals surface area contributed by atoms with Crippen LogP contribution in [0.15, 0.2) is 60.8 Å². The molecule has 2 atom stereocenters. The zero-order chi connectivity index (χ0) is 29.7. The second-order valence-corrected chi connectivity index (χ2v) is 10.8. The summed E-state index contributed by atoms with van der Waals surface area (Å²) in [7, 11) is 5.02. The number of nitrogens with zero attached hydrogens (tertiary/aromatic N) is 3. The number of piperidine rings is 1. The van der Waals surface area contributed by atoms with Gasteiger partial charge in [-0.3, -0.25) is 4.79 Å². The highest BCUT2D eigenvalue weighted by Crippen LogP contribution is 2.23. The minimum atomic E-state index is -1.01. The van der Waals surface area contributed by atoms with Crippen LogP contribution in [-0.4, -0.2) is 80.7 Å². The lowest BCUT2D eigenvalue weighted by atomic mass is 10.0. The number of likely N-dealkylation sites (tertiary alicyclic amines) is 1. The average molecular weight is 564 g/mol. The van der Waals surface area contributed by atoms with Gasteiger partial charge in [0.1, 0.15) is 41.7 Å². The molecule has 0 bridgehead atoms. The Hall–Kier alpha value is -4.64. The van der Waals surface area contributed by atoms with E-state index in [0.29, 0.717) is 29.7 Å². The first-order chi connectivity index (χ1) is 19.5. The lowest BCUT2D eigenvalue weighted by molar-refractivity contribution is -0.918. The molecular formula is C30H37N5O6+2. The number of rotatable bonds is 8. The van der Waals surface area contributed by atoms with Crippen LogP contribution in [-0.2, 0) is 29.5 Å². The van der Waals surface area contributed by atoms with Crippen LogP contribution in [0, 0.1) is 0 Å². The van der Waals surface area contributed by atoms with E-state index in [1.807, 2.05) is 6.07 Å². The number of esters is 1. The number of nitrogens with one attached hydrogen (secondary N) is 1. The third-order valence-electron chi connectivity index (χ3n) is 7.42. The number of aryl methyl sites for hydroxylation is 1. The molecule has 216 valence electrons. The van der Waals surface area contributed by atoms with Crippen molar-refractivity contribution in [2.24, 2.45) is 12.8 Å². The Morgan fingerprint density at radius 3 is 2.49 bits per heavy atom. The van der Waals surface area contributed by atoms with Gasteiger partial charge in [-0.05, 0) is 29.8 Å². The highest BCUT2D eigenvalue weighted by atomic mass is 16.5. The summed E-state index contributed by atoms with van der Waals surface area (Å²) in [5.74, 6) is -0.940. The first kappa shape index (κ1) is 29.3. The number of benzene rings is 2. The molecule has 0 radical (unpaired) electrons. The molecule has 41 heavy (non-hydrogen) atoms. The van der Waals surface area contributed by atoms with E-state index in [1.165, 1.54) is 29.9 Å². The van der Waals surface area contributed by atoms with Crippen molar-refractivity contribution in [1.29, 1.82) is 0 Å². The van der Waals surface area contributed by atoms with Gasteiger partial charge in [-0.1, -0.05) is 24.3 Å². The lowest BCUT2D eigenvalue weighted by Gasteiger charge is -2.38. The molecule has 1 aromatic heterocycles. The van der Waals surface area contributed by atoms with Crippen molar-refractivity contribution in [3.8, 4) is 11.5 Å². The van der Waals surface area contributed by atoms with E-state index in [9.17, 15) is 24.6 Å². The number of quaternary nitrogens is 1. The van der Waals surface area contributed by atoms with Crippen LogP contribution in [0.2, 0.25) is 0 Å². The fourth-order valence-corrected chi connectivity index (χ4v) is 5.49. The second kappa shape index (κ2) is 12.3. The maximum atomic E-state index is 14.0. The van der Waals surface area contributed by atoms with Crippen LogP contribution in [0.4, 0.5) is 10.5 Å². The summed E-state index contributed by atoms with van der Waals surface area (Å²) in [6, 6.07) is 13.5. The highest BCUT2D eigenvalue weighted by molar-refractivity contribution is 5.95. The fraction of sp³-hybridized carbons (Fsp3) is 0.333. The molecule has 2 heterocycles. The van der Waals surface area contributed by atoms with Crippen LogP contribution in [0.3, 0.4) is 0 Å². The zero-order valence-electron chi connectivity index (χ0n) is 23.5. The number of hydrogen-bond donors (Lipinski definition) is 4. The third kappa shape index (κ3) is 7.12. The number of amides is 3. The van der Waals surface area contributed by atoms with Crippen LogP contribution in [0.5, 0.6) is 11.5 Å². The van der Waals surface area contributed by atoms with Gasteiger partial charge in [0.05, 0.1) is 26.9 Å². The number of ether oxygens (including phenoxy) is 1. The normalized spacial score (nSPS) is 18.8. The molecule has 0 spiro atoms. The number of carbonyl (C=O) groups excluding carboxylic acids is 3. The van der Waals surface area contributed by atoms with E-state index in [0.717, 1.165) is 29.8 Å². The number of anilines is 1. The molecule has 2 aromatic carbocycles. The predicted molar refractivity (Wildman–Crippen MR) is 153 cm³/mol. The van der Waals surface area contributed by atoms with Gasteiger partial charge in [-0.25, -0.2) is 10.1 Å². The molecule has 1 aliphatic rings. The van der Waals surface area contributed by atoms with Gasteiger partial charge in [0, 0.05) is 37.9 Å². The average Bonchev–Trinajstić information content (AvgIpc) is 3.28.